The number of aromatic nitrogens is 1. The zero-order chi connectivity index (χ0) is 24.3. The minimum atomic E-state index is -4.46. The van der Waals surface area contributed by atoms with Crippen LogP contribution in [0.2, 0.25) is 0 Å². The molecule has 1 atom stereocenters. The molecule has 1 fully saturated rings. The van der Waals surface area contributed by atoms with Crippen LogP contribution in [0, 0.1) is 0 Å². The Morgan fingerprint density at radius 2 is 1.74 bits per heavy atom. The molecule has 0 bridgehead atoms. The standard InChI is InChI=1S/C23H22F3N3O4S/c1-32-20-4-2-3-5-21(20)33-18-7-9-19(10-8-18)34(30,31)28-17-12-13-29(15-17)22-11-6-16(14-27-22)23(24,25)26/h2-11,14,17,28H,12-13,15H2,1H3. The van der Waals surface area contributed by atoms with Gasteiger partial charge in [0.1, 0.15) is 11.6 Å². The highest BCUT2D eigenvalue weighted by Gasteiger charge is 2.32. The van der Waals surface area contributed by atoms with Gasteiger partial charge in [-0.05, 0) is 55.0 Å². The molecule has 34 heavy (non-hydrogen) atoms. The Labute approximate surface area is 195 Å². The van der Waals surface area contributed by atoms with Gasteiger partial charge in [0.25, 0.3) is 0 Å². The summed E-state index contributed by atoms with van der Waals surface area (Å²) in [6, 6.07) is 14.9. The van der Waals surface area contributed by atoms with Crippen molar-refractivity contribution in [3.05, 3.63) is 72.4 Å². The summed E-state index contributed by atoms with van der Waals surface area (Å²) in [6.07, 6.45) is -3.18. The fourth-order valence-corrected chi connectivity index (χ4v) is 4.87. The number of halogens is 3. The van der Waals surface area contributed by atoms with E-state index >= 15 is 0 Å². The molecular weight excluding hydrogens is 471 g/mol. The van der Waals surface area contributed by atoms with Gasteiger partial charge in [0.15, 0.2) is 11.5 Å². The fourth-order valence-electron chi connectivity index (χ4n) is 3.61. The molecule has 1 aliphatic rings. The average molecular weight is 494 g/mol. The largest absolute Gasteiger partial charge is 0.493 e. The van der Waals surface area contributed by atoms with Gasteiger partial charge in [-0.1, -0.05) is 12.1 Å². The molecular formula is C23H22F3N3O4S. The number of benzene rings is 2. The van der Waals surface area contributed by atoms with Crippen LogP contribution in [0.15, 0.2) is 71.8 Å². The maximum Gasteiger partial charge on any atom is 0.417 e. The number of pyridine rings is 1. The first kappa shape index (κ1) is 23.8. The number of ether oxygens (including phenoxy) is 2. The van der Waals surface area contributed by atoms with Gasteiger partial charge >= 0.3 is 6.18 Å². The van der Waals surface area contributed by atoms with E-state index in [1.807, 2.05) is 6.07 Å². The van der Waals surface area contributed by atoms with E-state index in [-0.39, 0.29) is 4.90 Å². The van der Waals surface area contributed by atoms with E-state index in [4.69, 9.17) is 9.47 Å². The van der Waals surface area contributed by atoms with Crippen LogP contribution < -0.4 is 19.1 Å². The molecule has 11 heteroatoms. The van der Waals surface area contributed by atoms with E-state index in [2.05, 4.69) is 9.71 Å². The Hall–Kier alpha value is -3.31. The highest BCUT2D eigenvalue weighted by Crippen LogP contribution is 2.32. The van der Waals surface area contributed by atoms with Gasteiger partial charge < -0.3 is 14.4 Å². The number of hydrogen-bond acceptors (Lipinski definition) is 6. The molecule has 0 aliphatic carbocycles. The van der Waals surface area contributed by atoms with E-state index in [0.717, 1.165) is 12.3 Å². The number of sulfonamides is 1. The first-order valence-corrected chi connectivity index (χ1v) is 11.9. The quantitative estimate of drug-likeness (QED) is 0.524. The molecule has 1 N–H and O–H groups in total. The molecule has 1 saturated heterocycles. The molecule has 1 aromatic heterocycles. The molecule has 0 spiro atoms. The van der Waals surface area contributed by atoms with Crippen LogP contribution in [0.3, 0.4) is 0 Å². The molecule has 1 unspecified atom stereocenters. The monoisotopic (exact) mass is 493 g/mol. The normalized spacial score (nSPS) is 16.5. The third-order valence-corrected chi connectivity index (χ3v) is 6.88. The van der Waals surface area contributed by atoms with Crippen LogP contribution in [-0.2, 0) is 16.2 Å². The van der Waals surface area contributed by atoms with E-state index in [1.54, 1.807) is 35.2 Å². The lowest BCUT2D eigenvalue weighted by Gasteiger charge is -2.18. The van der Waals surface area contributed by atoms with E-state index in [1.165, 1.54) is 25.3 Å². The molecule has 180 valence electrons. The lowest BCUT2D eigenvalue weighted by atomic mass is 10.3. The number of alkyl halides is 3. The highest BCUT2D eigenvalue weighted by atomic mass is 32.2. The number of anilines is 1. The van der Waals surface area contributed by atoms with Gasteiger partial charge in [-0.15, -0.1) is 0 Å². The average Bonchev–Trinajstić information content (AvgIpc) is 3.27. The zero-order valence-corrected chi connectivity index (χ0v) is 18.9. The van der Waals surface area contributed by atoms with Crippen molar-refractivity contribution in [2.75, 3.05) is 25.1 Å². The summed E-state index contributed by atoms with van der Waals surface area (Å²) in [5, 5.41) is 0. The van der Waals surface area contributed by atoms with Crippen LogP contribution in [0.25, 0.3) is 0 Å². The molecule has 0 saturated carbocycles. The van der Waals surface area contributed by atoms with Crippen molar-refractivity contribution in [2.45, 2.75) is 23.5 Å². The van der Waals surface area contributed by atoms with Crippen molar-refractivity contribution in [3.63, 3.8) is 0 Å². The number of hydrogen-bond donors (Lipinski definition) is 1. The summed E-state index contributed by atoms with van der Waals surface area (Å²) in [5.41, 5.74) is -0.828. The third-order valence-electron chi connectivity index (χ3n) is 5.34. The van der Waals surface area contributed by atoms with Gasteiger partial charge in [-0.25, -0.2) is 18.1 Å². The summed E-state index contributed by atoms with van der Waals surface area (Å²) in [5.74, 6) is 1.87. The third kappa shape index (κ3) is 5.42. The van der Waals surface area contributed by atoms with Crippen molar-refractivity contribution < 1.29 is 31.1 Å². The summed E-state index contributed by atoms with van der Waals surface area (Å²) in [6.45, 7) is 0.768. The van der Waals surface area contributed by atoms with Crippen molar-refractivity contribution in [2.24, 2.45) is 0 Å². The predicted molar refractivity (Wildman–Crippen MR) is 120 cm³/mol. The molecule has 7 nitrogen and oxygen atoms in total. The molecule has 1 aliphatic heterocycles. The second-order valence-electron chi connectivity index (χ2n) is 7.68. The highest BCUT2D eigenvalue weighted by molar-refractivity contribution is 7.89. The molecule has 2 aromatic carbocycles. The minimum Gasteiger partial charge on any atom is -0.493 e. The van der Waals surface area contributed by atoms with Crippen LogP contribution in [-0.4, -0.2) is 39.6 Å². The predicted octanol–water partition coefficient (Wildman–Crippen LogP) is 4.46. The Morgan fingerprint density at radius 3 is 2.35 bits per heavy atom. The maximum absolute atomic E-state index is 12.8. The SMILES string of the molecule is COc1ccccc1Oc1ccc(S(=O)(=O)NC2CCN(c3ccc(C(F)(F)F)cn3)C2)cc1. The van der Waals surface area contributed by atoms with Crippen LogP contribution in [0.1, 0.15) is 12.0 Å². The summed E-state index contributed by atoms with van der Waals surface area (Å²) in [4.78, 5) is 5.70. The minimum absolute atomic E-state index is 0.0750. The first-order valence-electron chi connectivity index (χ1n) is 10.4. The zero-order valence-electron chi connectivity index (χ0n) is 18.1. The van der Waals surface area contributed by atoms with E-state index in [0.29, 0.717) is 42.6 Å². The number of rotatable bonds is 7. The number of methoxy groups -OCH3 is 1. The maximum atomic E-state index is 12.8. The summed E-state index contributed by atoms with van der Waals surface area (Å²) < 4.78 is 77.5. The molecule has 2 heterocycles. The lowest BCUT2D eigenvalue weighted by Crippen LogP contribution is -2.37. The Balaban J connectivity index is 1.38. The number of para-hydroxylation sites is 2. The van der Waals surface area contributed by atoms with Crippen molar-refractivity contribution in [1.29, 1.82) is 0 Å². The van der Waals surface area contributed by atoms with Gasteiger partial charge in [0, 0.05) is 25.3 Å². The lowest BCUT2D eigenvalue weighted by molar-refractivity contribution is -0.137. The molecule has 0 radical (unpaired) electrons. The molecule has 3 aromatic rings. The van der Waals surface area contributed by atoms with Crippen molar-refractivity contribution in [3.8, 4) is 17.2 Å². The van der Waals surface area contributed by atoms with E-state index < -0.39 is 27.8 Å². The van der Waals surface area contributed by atoms with Gasteiger partial charge in [-0.2, -0.15) is 13.2 Å². The van der Waals surface area contributed by atoms with Gasteiger partial charge in [-0.3, -0.25) is 0 Å². The van der Waals surface area contributed by atoms with Crippen LogP contribution in [0.5, 0.6) is 17.2 Å². The fraction of sp³-hybridized carbons (Fsp3) is 0.261. The van der Waals surface area contributed by atoms with E-state index in [9.17, 15) is 21.6 Å². The topological polar surface area (TPSA) is 80.8 Å². The first-order chi connectivity index (χ1) is 16.2. The molecule has 4 rings (SSSR count). The number of nitrogens with one attached hydrogen (secondary N) is 1. The smallest absolute Gasteiger partial charge is 0.417 e. The van der Waals surface area contributed by atoms with Crippen LogP contribution in [0.4, 0.5) is 19.0 Å². The second-order valence-corrected chi connectivity index (χ2v) is 9.39. The Morgan fingerprint density at radius 1 is 1.03 bits per heavy atom. The van der Waals surface area contributed by atoms with Crippen molar-refractivity contribution >= 4 is 15.8 Å². The summed E-state index contributed by atoms with van der Waals surface area (Å²) >= 11 is 0. The summed E-state index contributed by atoms with van der Waals surface area (Å²) in [7, 11) is -2.27. The van der Waals surface area contributed by atoms with Crippen molar-refractivity contribution in [1.82, 2.24) is 9.71 Å². The van der Waals surface area contributed by atoms with Gasteiger partial charge in [0.2, 0.25) is 10.0 Å². The second kappa shape index (κ2) is 9.51. The molecule has 0 amide bonds. The Kier molecular flexibility index (Phi) is 6.67. The Bertz CT molecular complexity index is 1230. The van der Waals surface area contributed by atoms with Crippen LogP contribution >= 0.6 is 0 Å². The van der Waals surface area contributed by atoms with Gasteiger partial charge in [0.05, 0.1) is 17.6 Å². The number of nitrogens with zero attached hydrogens (tertiary/aromatic N) is 2.